The van der Waals surface area contributed by atoms with Crippen LogP contribution in [0, 0.1) is 11.6 Å². The maximum absolute atomic E-state index is 14.3. The molecule has 14 heteroatoms. The number of nitrogens with zero attached hydrogens (tertiary/aromatic N) is 6. The standard InChI is InChI=1S/C27H33F2N7O4.ClH/c1-16(2)39-27(37)35-8-5-17(6-9-35)25-33-24(40-34-25)15-38-19-12-31-26(32-13-19)36-10-7-20(23(30)14-36)21-11-18(28)3-4-22(21)29;/h3-4,11-13,16-17,20,23H,5-10,14-15,30H2,1-2H3;1H/t20-,23+;/m1./s1. The molecule has 0 radical (unpaired) electrons. The average molecular weight is 594 g/mol. The van der Waals surface area contributed by atoms with Crippen molar-refractivity contribution in [1.29, 1.82) is 0 Å². The van der Waals surface area contributed by atoms with Crippen molar-refractivity contribution in [2.24, 2.45) is 5.73 Å². The largest absolute Gasteiger partial charge is 0.481 e. The highest BCUT2D eigenvalue weighted by atomic mass is 35.5. The van der Waals surface area contributed by atoms with E-state index in [1.54, 1.807) is 17.3 Å². The molecule has 0 aliphatic carbocycles. The molecule has 2 atom stereocenters. The summed E-state index contributed by atoms with van der Waals surface area (Å²) in [6, 6.07) is 3.06. The highest BCUT2D eigenvalue weighted by Crippen LogP contribution is 2.31. The highest BCUT2D eigenvalue weighted by molar-refractivity contribution is 5.85. The van der Waals surface area contributed by atoms with E-state index in [0.717, 1.165) is 25.0 Å². The molecule has 11 nitrogen and oxygen atoms in total. The Morgan fingerprint density at radius 3 is 2.56 bits per heavy atom. The highest BCUT2D eigenvalue weighted by Gasteiger charge is 2.31. The van der Waals surface area contributed by atoms with Gasteiger partial charge in [-0.2, -0.15) is 4.98 Å². The molecular formula is C27H34ClF2N7O4. The van der Waals surface area contributed by atoms with Gasteiger partial charge in [0, 0.05) is 44.1 Å². The van der Waals surface area contributed by atoms with Crippen LogP contribution in [0.25, 0.3) is 0 Å². The Morgan fingerprint density at radius 1 is 1.15 bits per heavy atom. The Hall–Kier alpha value is -3.58. The Morgan fingerprint density at radius 2 is 1.88 bits per heavy atom. The van der Waals surface area contributed by atoms with Crippen molar-refractivity contribution >= 4 is 24.4 Å². The molecule has 5 rings (SSSR count). The number of hydrogen-bond acceptors (Lipinski definition) is 10. The third-order valence-corrected chi connectivity index (χ3v) is 7.21. The number of amides is 1. The first-order chi connectivity index (χ1) is 19.3. The second-order valence-corrected chi connectivity index (χ2v) is 10.4. The summed E-state index contributed by atoms with van der Waals surface area (Å²) < 4.78 is 44.3. The normalized spacial score (nSPS) is 19.7. The van der Waals surface area contributed by atoms with Gasteiger partial charge >= 0.3 is 6.09 Å². The summed E-state index contributed by atoms with van der Waals surface area (Å²) in [6.45, 7) is 5.82. The Balaban J connectivity index is 0.00000387. The second-order valence-electron chi connectivity index (χ2n) is 10.4. The zero-order valence-corrected chi connectivity index (χ0v) is 23.7. The van der Waals surface area contributed by atoms with E-state index in [4.69, 9.17) is 19.7 Å². The van der Waals surface area contributed by atoms with Crippen LogP contribution in [0.4, 0.5) is 19.5 Å². The lowest BCUT2D eigenvalue weighted by molar-refractivity contribution is 0.0688. The summed E-state index contributed by atoms with van der Waals surface area (Å²) in [6.07, 6.45) is 4.65. The number of ether oxygens (including phenoxy) is 2. The smallest absolute Gasteiger partial charge is 0.410 e. The molecule has 0 saturated carbocycles. The molecule has 0 bridgehead atoms. The Labute approximate surface area is 242 Å². The van der Waals surface area contributed by atoms with E-state index in [1.807, 2.05) is 18.7 Å². The van der Waals surface area contributed by atoms with Crippen molar-refractivity contribution in [3.05, 3.63) is 59.5 Å². The number of likely N-dealkylation sites (tertiary alicyclic amines) is 1. The summed E-state index contributed by atoms with van der Waals surface area (Å²) >= 11 is 0. The van der Waals surface area contributed by atoms with E-state index in [1.165, 1.54) is 6.07 Å². The van der Waals surface area contributed by atoms with Crippen LogP contribution < -0.4 is 15.4 Å². The molecule has 1 amide bonds. The number of piperidine rings is 2. The second kappa shape index (κ2) is 13.4. The molecule has 2 saturated heterocycles. The van der Waals surface area contributed by atoms with E-state index in [2.05, 4.69) is 20.1 Å². The van der Waals surface area contributed by atoms with Crippen LogP contribution in [-0.4, -0.2) is 69.4 Å². The molecule has 2 fully saturated rings. The van der Waals surface area contributed by atoms with Gasteiger partial charge in [0.05, 0.1) is 18.5 Å². The fourth-order valence-corrected chi connectivity index (χ4v) is 5.13. The third-order valence-electron chi connectivity index (χ3n) is 7.21. The van der Waals surface area contributed by atoms with Gasteiger partial charge in [0.25, 0.3) is 5.89 Å². The number of rotatable bonds is 7. The van der Waals surface area contributed by atoms with Crippen molar-refractivity contribution < 1.29 is 27.6 Å². The number of anilines is 1. The van der Waals surface area contributed by atoms with Crippen molar-refractivity contribution in [3.8, 4) is 5.75 Å². The molecule has 0 spiro atoms. The SMILES string of the molecule is CC(C)OC(=O)N1CCC(c2noc(COc3cnc(N4CC[C@H](c5cc(F)ccc5F)[C@@H](N)C4)nc3)n2)CC1.Cl. The van der Waals surface area contributed by atoms with Gasteiger partial charge in [-0.05, 0) is 56.9 Å². The molecule has 3 aromatic rings. The van der Waals surface area contributed by atoms with E-state index in [-0.39, 0.29) is 43.0 Å². The van der Waals surface area contributed by atoms with Crippen LogP contribution in [0.5, 0.6) is 5.75 Å². The lowest BCUT2D eigenvalue weighted by atomic mass is 9.85. The molecule has 2 aromatic heterocycles. The molecule has 2 aliphatic heterocycles. The molecule has 1 aromatic carbocycles. The zero-order valence-electron chi connectivity index (χ0n) is 22.9. The number of halogens is 3. The van der Waals surface area contributed by atoms with Crippen molar-refractivity contribution in [2.75, 3.05) is 31.1 Å². The fraction of sp³-hybridized carbons (Fsp3) is 0.519. The maximum Gasteiger partial charge on any atom is 0.410 e. The van der Waals surface area contributed by atoms with E-state index in [0.29, 0.717) is 61.6 Å². The van der Waals surface area contributed by atoms with Gasteiger partial charge in [0.15, 0.2) is 18.2 Å². The zero-order chi connectivity index (χ0) is 28.2. The lowest BCUT2D eigenvalue weighted by Crippen LogP contribution is -2.48. The summed E-state index contributed by atoms with van der Waals surface area (Å²) in [4.78, 5) is 28.9. The molecule has 41 heavy (non-hydrogen) atoms. The van der Waals surface area contributed by atoms with Gasteiger partial charge < -0.3 is 29.5 Å². The van der Waals surface area contributed by atoms with Crippen LogP contribution >= 0.6 is 12.4 Å². The molecular weight excluding hydrogens is 560 g/mol. The summed E-state index contributed by atoms with van der Waals surface area (Å²) in [5, 5.41) is 4.10. The van der Waals surface area contributed by atoms with Crippen LogP contribution in [0.1, 0.15) is 62.2 Å². The number of nitrogens with two attached hydrogens (primary N) is 1. The minimum absolute atomic E-state index is 0. The van der Waals surface area contributed by atoms with Crippen LogP contribution in [-0.2, 0) is 11.3 Å². The number of hydrogen-bond donors (Lipinski definition) is 1. The average Bonchev–Trinajstić information content (AvgIpc) is 3.42. The van der Waals surface area contributed by atoms with Crippen LogP contribution in [0.2, 0.25) is 0 Å². The topological polar surface area (TPSA) is 133 Å². The molecule has 222 valence electrons. The summed E-state index contributed by atoms with van der Waals surface area (Å²) in [5.74, 6) is 0.714. The first-order valence-corrected chi connectivity index (χ1v) is 13.4. The molecule has 4 heterocycles. The fourth-order valence-electron chi connectivity index (χ4n) is 5.13. The van der Waals surface area contributed by atoms with Gasteiger partial charge in [0.1, 0.15) is 11.6 Å². The van der Waals surface area contributed by atoms with Gasteiger partial charge in [-0.25, -0.2) is 23.5 Å². The predicted molar refractivity (Wildman–Crippen MR) is 147 cm³/mol. The Kier molecular flexibility index (Phi) is 9.92. The van der Waals surface area contributed by atoms with E-state index in [9.17, 15) is 13.6 Å². The molecule has 0 unspecified atom stereocenters. The molecule has 2 N–H and O–H groups in total. The van der Waals surface area contributed by atoms with E-state index >= 15 is 0 Å². The van der Waals surface area contributed by atoms with Crippen LogP contribution in [0.3, 0.4) is 0 Å². The maximum atomic E-state index is 14.3. The minimum Gasteiger partial charge on any atom is -0.481 e. The Bertz CT molecular complexity index is 1310. The number of carbonyl (C=O) groups is 1. The predicted octanol–water partition coefficient (Wildman–Crippen LogP) is 4.18. The number of aromatic nitrogens is 4. The quantitative estimate of drug-likeness (QED) is 0.425. The van der Waals surface area contributed by atoms with Crippen molar-refractivity contribution in [1.82, 2.24) is 25.0 Å². The summed E-state index contributed by atoms with van der Waals surface area (Å²) in [5.41, 5.74) is 6.64. The van der Waals surface area contributed by atoms with Gasteiger partial charge in [-0.1, -0.05) is 5.16 Å². The van der Waals surface area contributed by atoms with Crippen LogP contribution in [0.15, 0.2) is 35.1 Å². The lowest BCUT2D eigenvalue weighted by Gasteiger charge is -2.37. The summed E-state index contributed by atoms with van der Waals surface area (Å²) in [7, 11) is 0. The number of benzene rings is 1. The number of carbonyl (C=O) groups excluding carboxylic acids is 1. The van der Waals surface area contributed by atoms with Crippen molar-refractivity contribution in [2.45, 2.75) is 63.7 Å². The third kappa shape index (κ3) is 7.39. The van der Waals surface area contributed by atoms with Gasteiger partial charge in [-0.3, -0.25) is 0 Å². The first-order valence-electron chi connectivity index (χ1n) is 13.4. The minimum atomic E-state index is -0.479. The monoisotopic (exact) mass is 593 g/mol. The van der Waals surface area contributed by atoms with Gasteiger partial charge in [0.2, 0.25) is 5.95 Å². The van der Waals surface area contributed by atoms with E-state index < -0.39 is 17.7 Å². The van der Waals surface area contributed by atoms with Gasteiger partial charge in [-0.15, -0.1) is 12.4 Å². The first kappa shape index (κ1) is 30.4. The molecule has 2 aliphatic rings. The van der Waals surface area contributed by atoms with Crippen molar-refractivity contribution in [3.63, 3.8) is 0 Å².